The summed E-state index contributed by atoms with van der Waals surface area (Å²) in [7, 11) is -5.03. The largest absolute Gasteiger partial charge is 0.485 e. The second-order valence-electron chi connectivity index (χ2n) is 13.8. The van der Waals surface area contributed by atoms with E-state index in [1.165, 1.54) is 26.2 Å². The number of aryl methyl sites for hydroxylation is 1. The number of β-lactam (4-membered cyclic amide) rings is 1. The third-order valence-corrected chi connectivity index (χ3v) is 10.8. The summed E-state index contributed by atoms with van der Waals surface area (Å²) in [4.78, 5) is 48.4. The third kappa shape index (κ3) is 6.97. The maximum absolute atomic E-state index is 13.5. The number of fused-ring (bicyclic) bond motifs is 1. The first-order chi connectivity index (χ1) is 23.1. The van der Waals surface area contributed by atoms with E-state index in [0.717, 1.165) is 23.3 Å². The van der Waals surface area contributed by atoms with Crippen LogP contribution in [-0.4, -0.2) is 93.3 Å². The van der Waals surface area contributed by atoms with Gasteiger partial charge in [-0.25, -0.2) is 9.78 Å². The van der Waals surface area contributed by atoms with E-state index >= 15 is 0 Å². The standard InChI is InChI=1S/C30H40N8O10S2/c1-28(2)16(11-19(28)31)12-34-23(32)15-6-8-18-14(10-15)7-9-20(46-18)30(5,26(41)42)47-37-21(17-13-49-27(33)35-17)24(39)36-22-25(40)38(29(22,3)4)48-50(43,44)45/h6,8,10,13,16,19-20,22H,7,9,11-12,31H2,1-5H3,(H2,32,34)(H2,33,35)(H,36,39)(H,41,42)(H,43,44,45)/b37-21-/t16-,19-,20-,22-,30+/m1/s1. The number of rotatable bonds is 12. The monoisotopic (exact) mass is 736 g/mol. The molecule has 3 aliphatic rings. The lowest BCUT2D eigenvalue weighted by Crippen LogP contribution is -2.76. The predicted octanol–water partition coefficient (Wildman–Crippen LogP) is 0.811. The molecular formula is C30H40N8O10S2. The first-order valence-corrected chi connectivity index (χ1v) is 17.8. The average Bonchev–Trinajstić information content (AvgIpc) is 3.48. The van der Waals surface area contributed by atoms with Gasteiger partial charge in [0, 0.05) is 23.5 Å². The smallest absolute Gasteiger partial charge is 0.418 e. The molecule has 1 saturated carbocycles. The van der Waals surface area contributed by atoms with E-state index in [9.17, 15) is 27.9 Å². The number of thiazole rings is 1. The number of carboxylic acid groups (broad SMARTS) is 1. The van der Waals surface area contributed by atoms with Crippen molar-refractivity contribution in [2.45, 2.75) is 83.2 Å². The molecular weight excluding hydrogens is 697 g/mol. The Kier molecular flexibility index (Phi) is 9.64. The number of carbonyl (C=O) groups excluding carboxylic acids is 2. The molecule has 0 bridgehead atoms. The van der Waals surface area contributed by atoms with E-state index < -0.39 is 57.2 Å². The number of amidine groups is 1. The Morgan fingerprint density at radius 3 is 2.56 bits per heavy atom. The van der Waals surface area contributed by atoms with Crippen LogP contribution in [0.1, 0.15) is 64.3 Å². The molecule has 9 N–H and O–H groups in total. The third-order valence-electron chi connectivity index (χ3n) is 9.83. The fourth-order valence-electron chi connectivity index (χ4n) is 6.06. The highest BCUT2D eigenvalue weighted by molar-refractivity contribution is 7.80. The summed E-state index contributed by atoms with van der Waals surface area (Å²) in [5.41, 5.74) is 9.11. The molecule has 1 aromatic heterocycles. The molecule has 2 aliphatic heterocycles. The van der Waals surface area contributed by atoms with Crippen molar-refractivity contribution in [1.29, 1.82) is 5.41 Å². The normalized spacial score (nSPS) is 25.1. The lowest BCUT2D eigenvalue weighted by Gasteiger charge is -2.50. The van der Waals surface area contributed by atoms with Gasteiger partial charge >= 0.3 is 16.4 Å². The van der Waals surface area contributed by atoms with Crippen molar-refractivity contribution in [3.05, 3.63) is 40.4 Å². The van der Waals surface area contributed by atoms with E-state index in [1.54, 1.807) is 12.1 Å². The number of benzene rings is 1. The van der Waals surface area contributed by atoms with Crippen LogP contribution in [0.5, 0.6) is 5.75 Å². The number of nitrogens with zero attached hydrogens (tertiary/aromatic N) is 3. The Morgan fingerprint density at radius 2 is 2.00 bits per heavy atom. The number of hydrogen-bond acceptors (Lipinski definition) is 14. The van der Waals surface area contributed by atoms with Crippen LogP contribution >= 0.6 is 11.3 Å². The SMILES string of the molecule is CC1(C)[C@@H](CNC(=N)c2ccc3c(c2)CC[C@H]([C@](C)(O/N=C(\C(=O)N[C@@H]2C(=O)N(OS(=O)(=O)O)C2(C)C)c2csc(N)n2)C(=O)O)O3)C[C@H]1N. The first kappa shape index (κ1) is 36.9. The number of hydroxylamine groups is 2. The van der Waals surface area contributed by atoms with E-state index in [2.05, 4.69) is 38.9 Å². The van der Waals surface area contributed by atoms with E-state index in [4.69, 9.17) is 31.0 Å². The molecule has 272 valence electrons. The number of aliphatic carboxylic acids is 1. The maximum atomic E-state index is 13.5. The van der Waals surface area contributed by atoms with Crippen molar-refractivity contribution in [3.8, 4) is 5.75 Å². The second kappa shape index (κ2) is 13.1. The Balaban J connectivity index is 1.31. The summed E-state index contributed by atoms with van der Waals surface area (Å²) >= 11 is 0.962. The van der Waals surface area contributed by atoms with Gasteiger partial charge in [0.05, 0.1) is 5.54 Å². The van der Waals surface area contributed by atoms with Crippen LogP contribution in [0.4, 0.5) is 5.13 Å². The zero-order valence-electron chi connectivity index (χ0n) is 27.9. The van der Waals surface area contributed by atoms with Gasteiger partial charge in [0.2, 0.25) is 0 Å². The molecule has 5 atom stereocenters. The summed E-state index contributed by atoms with van der Waals surface area (Å²) in [5.74, 6) is -2.47. The van der Waals surface area contributed by atoms with Crippen molar-refractivity contribution in [2.24, 2.45) is 22.2 Å². The number of nitrogen functional groups attached to an aromatic ring is 1. The lowest BCUT2D eigenvalue weighted by atomic mass is 9.59. The van der Waals surface area contributed by atoms with Crippen LogP contribution in [0, 0.1) is 16.7 Å². The molecule has 0 spiro atoms. The lowest BCUT2D eigenvalue weighted by molar-refractivity contribution is -0.218. The van der Waals surface area contributed by atoms with Crippen molar-refractivity contribution >= 4 is 56.2 Å². The molecule has 18 nitrogen and oxygen atoms in total. The number of aromatic nitrogens is 1. The molecule has 1 aliphatic carbocycles. The van der Waals surface area contributed by atoms with E-state index in [1.807, 2.05) is 6.07 Å². The molecule has 1 aromatic carbocycles. The second-order valence-corrected chi connectivity index (χ2v) is 15.7. The molecule has 1 saturated heterocycles. The fourth-order valence-corrected chi connectivity index (χ4v) is 7.06. The fraction of sp³-hybridized carbons (Fsp3) is 0.533. The highest BCUT2D eigenvalue weighted by Crippen LogP contribution is 2.44. The highest BCUT2D eigenvalue weighted by atomic mass is 32.3. The number of nitrogens with two attached hydrogens (primary N) is 2. The predicted molar refractivity (Wildman–Crippen MR) is 180 cm³/mol. The molecule has 50 heavy (non-hydrogen) atoms. The van der Waals surface area contributed by atoms with Gasteiger partial charge in [0.25, 0.3) is 17.4 Å². The van der Waals surface area contributed by atoms with Crippen LogP contribution in [0.15, 0.2) is 28.7 Å². The number of hydrogen-bond donors (Lipinski definition) is 7. The number of oxime groups is 1. The summed E-state index contributed by atoms with van der Waals surface area (Å²) in [6.07, 6.45) is 0.381. The van der Waals surface area contributed by atoms with Crippen LogP contribution < -0.4 is 26.8 Å². The minimum Gasteiger partial charge on any atom is -0.485 e. The quantitative estimate of drug-likeness (QED) is 0.0522. The number of carboxylic acids is 1. The molecule has 3 heterocycles. The minimum absolute atomic E-state index is 0.00901. The van der Waals surface area contributed by atoms with Crippen molar-refractivity contribution in [2.75, 3.05) is 12.3 Å². The maximum Gasteiger partial charge on any atom is 0.418 e. The van der Waals surface area contributed by atoms with E-state index in [-0.39, 0.29) is 34.5 Å². The zero-order valence-corrected chi connectivity index (χ0v) is 29.6. The van der Waals surface area contributed by atoms with Crippen LogP contribution in [0.2, 0.25) is 0 Å². The van der Waals surface area contributed by atoms with E-state index in [0.29, 0.717) is 35.3 Å². The molecule has 2 fully saturated rings. The Morgan fingerprint density at radius 1 is 1.30 bits per heavy atom. The number of carbonyl (C=O) groups is 3. The zero-order chi connectivity index (χ0) is 37.0. The van der Waals surface area contributed by atoms with Crippen molar-refractivity contribution in [1.82, 2.24) is 20.7 Å². The van der Waals surface area contributed by atoms with Crippen molar-refractivity contribution in [3.63, 3.8) is 0 Å². The Hall–Kier alpha value is -4.37. The molecule has 0 unspecified atom stereocenters. The van der Waals surface area contributed by atoms with Crippen molar-refractivity contribution < 1.29 is 46.3 Å². The van der Waals surface area contributed by atoms with Crippen LogP contribution in [-0.2, 0) is 40.3 Å². The van der Waals surface area contributed by atoms with Gasteiger partial charge < -0.3 is 36.8 Å². The summed E-state index contributed by atoms with van der Waals surface area (Å²) < 4.78 is 41.8. The minimum atomic E-state index is -5.03. The van der Waals surface area contributed by atoms with Gasteiger partial charge in [0.1, 0.15) is 23.3 Å². The van der Waals surface area contributed by atoms with Gasteiger partial charge in [-0.1, -0.05) is 19.0 Å². The summed E-state index contributed by atoms with van der Waals surface area (Å²) in [6, 6.07) is 3.97. The Labute approximate surface area is 291 Å². The highest BCUT2D eigenvalue weighted by Gasteiger charge is 2.58. The molecule has 20 heteroatoms. The van der Waals surface area contributed by atoms with Crippen LogP contribution in [0.3, 0.4) is 0 Å². The molecule has 2 amide bonds. The van der Waals surface area contributed by atoms with Gasteiger partial charge in [0.15, 0.2) is 16.9 Å². The summed E-state index contributed by atoms with van der Waals surface area (Å²) in [6.45, 7) is 8.83. The number of amides is 2. The molecule has 5 rings (SSSR count). The van der Waals surface area contributed by atoms with Gasteiger partial charge in [-0.2, -0.15) is 13.5 Å². The van der Waals surface area contributed by atoms with Crippen LogP contribution in [0.25, 0.3) is 0 Å². The molecule has 0 radical (unpaired) electrons. The number of ether oxygens (including phenoxy) is 1. The first-order valence-electron chi connectivity index (χ1n) is 15.6. The van der Waals surface area contributed by atoms with Gasteiger partial charge in [-0.15, -0.1) is 15.6 Å². The number of nitrogens with one attached hydrogen (secondary N) is 3. The van der Waals surface area contributed by atoms with Gasteiger partial charge in [-0.05, 0) is 75.1 Å². The average molecular weight is 737 g/mol. The summed E-state index contributed by atoms with van der Waals surface area (Å²) in [5, 5.41) is 30.1. The molecule has 2 aromatic rings. The van der Waals surface area contributed by atoms with Gasteiger partial charge in [-0.3, -0.25) is 19.6 Å². The Bertz CT molecular complexity index is 1860. The topological polar surface area (TPSA) is 282 Å². The number of anilines is 1.